The van der Waals surface area contributed by atoms with E-state index >= 15 is 0 Å². The number of esters is 1. The topological polar surface area (TPSA) is 122 Å². The molecule has 0 bridgehead atoms. The Morgan fingerprint density at radius 1 is 1.09 bits per heavy atom. The molecule has 0 saturated carbocycles. The third kappa shape index (κ3) is 4.95. The molecule has 2 N–H and O–H groups in total. The number of carbonyl (C=O) groups is 3. The molecule has 2 aromatic rings. The number of benzene rings is 2. The maximum atomic E-state index is 12.5. The van der Waals surface area contributed by atoms with Crippen LogP contribution in [-0.2, 0) is 24.3 Å². The van der Waals surface area contributed by atoms with Crippen molar-refractivity contribution in [1.29, 1.82) is 0 Å². The number of carbonyl (C=O) groups excluding carboxylic acids is 3. The van der Waals surface area contributed by atoms with Crippen LogP contribution in [0.25, 0.3) is 0 Å². The van der Waals surface area contributed by atoms with Crippen LogP contribution in [0.15, 0.2) is 52.3 Å². The molecular weight excluding hydrogens is 454 g/mol. The Labute approximate surface area is 189 Å². The molecule has 1 fully saturated rings. The van der Waals surface area contributed by atoms with Crippen molar-refractivity contribution in [2.75, 3.05) is 36.1 Å². The first-order valence-electron chi connectivity index (χ1n) is 9.97. The molecule has 0 aromatic heterocycles. The highest BCUT2D eigenvalue weighted by atomic mass is 32.2. The molecule has 4 rings (SSSR count). The first-order valence-corrected chi connectivity index (χ1v) is 12.4. The smallest absolute Gasteiger partial charge is 0.338 e. The average Bonchev–Trinajstić information content (AvgIpc) is 3.33. The van der Waals surface area contributed by atoms with Crippen molar-refractivity contribution in [1.82, 2.24) is 4.31 Å². The third-order valence-corrected chi connectivity index (χ3v) is 8.01. The second kappa shape index (κ2) is 9.31. The monoisotopic (exact) mass is 475 g/mol. The quantitative estimate of drug-likeness (QED) is 0.615. The number of hydrogen-bond donors (Lipinski definition) is 2. The summed E-state index contributed by atoms with van der Waals surface area (Å²) in [4.78, 5) is 36.9. The SMILES string of the molecule is O=C(COC(=O)c1ccc2c(c1)NC(=O)CS2)Nc1ccc(S(=O)(=O)N2CCCC2)cc1. The second-order valence-electron chi connectivity index (χ2n) is 7.31. The number of amides is 2. The van der Waals surface area contributed by atoms with Gasteiger partial charge in [0.05, 0.1) is 21.9 Å². The normalized spacial score (nSPS) is 16.2. The van der Waals surface area contributed by atoms with E-state index < -0.39 is 28.5 Å². The molecule has 9 nitrogen and oxygen atoms in total. The highest BCUT2D eigenvalue weighted by Gasteiger charge is 2.27. The number of sulfonamides is 1. The number of ether oxygens (including phenoxy) is 1. The predicted molar refractivity (Wildman–Crippen MR) is 119 cm³/mol. The molecule has 0 unspecified atom stereocenters. The Kier molecular flexibility index (Phi) is 6.49. The van der Waals surface area contributed by atoms with Gasteiger partial charge in [0.15, 0.2) is 6.61 Å². The lowest BCUT2D eigenvalue weighted by atomic mass is 10.2. The second-order valence-corrected chi connectivity index (χ2v) is 10.3. The first kappa shape index (κ1) is 22.3. The minimum atomic E-state index is -3.52. The Bertz CT molecular complexity index is 1160. The van der Waals surface area contributed by atoms with E-state index in [0.717, 1.165) is 17.7 Å². The predicted octanol–water partition coefficient (Wildman–Crippen LogP) is 2.31. The van der Waals surface area contributed by atoms with Crippen LogP contribution in [0, 0.1) is 0 Å². The van der Waals surface area contributed by atoms with Gasteiger partial charge in [0.1, 0.15) is 0 Å². The summed E-state index contributed by atoms with van der Waals surface area (Å²) in [6, 6.07) is 10.7. The lowest BCUT2D eigenvalue weighted by Crippen LogP contribution is -2.27. The highest BCUT2D eigenvalue weighted by molar-refractivity contribution is 8.00. The summed E-state index contributed by atoms with van der Waals surface area (Å²) < 4.78 is 31.6. The van der Waals surface area contributed by atoms with Crippen LogP contribution in [0.1, 0.15) is 23.2 Å². The molecule has 1 saturated heterocycles. The fraction of sp³-hybridized carbons (Fsp3) is 0.286. The van der Waals surface area contributed by atoms with Crippen LogP contribution in [0.5, 0.6) is 0 Å². The largest absolute Gasteiger partial charge is 0.452 e. The van der Waals surface area contributed by atoms with Gasteiger partial charge in [-0.1, -0.05) is 0 Å². The fourth-order valence-corrected chi connectivity index (χ4v) is 5.71. The molecule has 32 heavy (non-hydrogen) atoms. The summed E-state index contributed by atoms with van der Waals surface area (Å²) in [5.74, 6) is -1.08. The van der Waals surface area contributed by atoms with Crippen LogP contribution in [-0.4, -0.2) is 56.0 Å². The van der Waals surface area contributed by atoms with Crippen molar-refractivity contribution >= 4 is 50.9 Å². The molecule has 2 aliphatic heterocycles. The van der Waals surface area contributed by atoms with Gasteiger partial charge in [0.2, 0.25) is 15.9 Å². The molecule has 0 spiro atoms. The fourth-order valence-electron chi connectivity index (χ4n) is 3.41. The van der Waals surface area contributed by atoms with E-state index in [9.17, 15) is 22.8 Å². The van der Waals surface area contributed by atoms with Crippen molar-refractivity contribution in [3.8, 4) is 0 Å². The third-order valence-electron chi connectivity index (χ3n) is 5.02. The lowest BCUT2D eigenvalue weighted by Gasteiger charge is -2.16. The molecule has 2 heterocycles. The first-order chi connectivity index (χ1) is 15.3. The summed E-state index contributed by atoms with van der Waals surface area (Å²) in [5.41, 5.74) is 1.14. The molecule has 0 atom stereocenters. The molecule has 11 heteroatoms. The molecule has 168 valence electrons. The van der Waals surface area contributed by atoms with Crippen LogP contribution >= 0.6 is 11.8 Å². The number of anilines is 2. The van der Waals surface area contributed by atoms with Crippen LogP contribution in [0.3, 0.4) is 0 Å². The van der Waals surface area contributed by atoms with Gasteiger partial charge < -0.3 is 15.4 Å². The van der Waals surface area contributed by atoms with E-state index in [-0.39, 0.29) is 16.4 Å². The molecule has 2 aliphatic rings. The summed E-state index contributed by atoms with van der Waals surface area (Å²) in [7, 11) is -3.52. The average molecular weight is 476 g/mol. The van der Waals surface area contributed by atoms with Gasteiger partial charge in [-0.05, 0) is 55.3 Å². The van der Waals surface area contributed by atoms with Crippen molar-refractivity contribution in [2.24, 2.45) is 0 Å². The Balaban J connectivity index is 1.32. The van der Waals surface area contributed by atoms with Crippen molar-refractivity contribution in [3.05, 3.63) is 48.0 Å². The van der Waals surface area contributed by atoms with Gasteiger partial charge in [0, 0.05) is 23.7 Å². The summed E-state index contributed by atoms with van der Waals surface area (Å²) in [5, 5.41) is 5.26. The van der Waals surface area contributed by atoms with Crippen molar-refractivity contribution in [2.45, 2.75) is 22.6 Å². The van der Waals surface area contributed by atoms with E-state index in [1.807, 2.05) is 0 Å². The van der Waals surface area contributed by atoms with E-state index in [2.05, 4.69) is 10.6 Å². The zero-order chi connectivity index (χ0) is 22.7. The number of rotatable bonds is 6. The number of nitrogens with one attached hydrogen (secondary N) is 2. The standard InChI is InChI=1S/C21H21N3O6S2/c25-19(12-30-21(27)14-3-8-18-17(11-14)23-20(26)13-31-18)22-15-4-6-16(7-5-15)32(28,29)24-9-1-2-10-24/h3-8,11H,1-2,9-10,12-13H2,(H,22,25)(H,23,26). The molecule has 2 amide bonds. The van der Waals surface area contributed by atoms with Crippen LogP contribution < -0.4 is 10.6 Å². The number of hydrogen-bond acceptors (Lipinski definition) is 7. The van der Waals surface area contributed by atoms with Gasteiger partial charge >= 0.3 is 5.97 Å². The Morgan fingerprint density at radius 3 is 2.53 bits per heavy atom. The lowest BCUT2D eigenvalue weighted by molar-refractivity contribution is -0.119. The van der Waals surface area contributed by atoms with Gasteiger partial charge in [-0.25, -0.2) is 13.2 Å². The number of fused-ring (bicyclic) bond motifs is 1. The van der Waals surface area contributed by atoms with Crippen LogP contribution in [0.4, 0.5) is 11.4 Å². The Morgan fingerprint density at radius 2 is 1.81 bits per heavy atom. The minimum absolute atomic E-state index is 0.147. The van der Waals surface area contributed by atoms with Crippen LogP contribution in [0.2, 0.25) is 0 Å². The molecular formula is C21H21N3O6S2. The van der Waals surface area contributed by atoms with Gasteiger partial charge in [-0.2, -0.15) is 4.31 Å². The van der Waals surface area contributed by atoms with Crippen molar-refractivity contribution < 1.29 is 27.5 Å². The maximum Gasteiger partial charge on any atom is 0.338 e. The molecule has 2 aromatic carbocycles. The zero-order valence-electron chi connectivity index (χ0n) is 17.0. The molecule has 0 aliphatic carbocycles. The minimum Gasteiger partial charge on any atom is -0.452 e. The summed E-state index contributed by atoms with van der Waals surface area (Å²) in [6.45, 7) is 0.522. The van der Waals surface area contributed by atoms with E-state index in [0.29, 0.717) is 30.2 Å². The van der Waals surface area contributed by atoms with Crippen molar-refractivity contribution in [3.63, 3.8) is 0 Å². The maximum absolute atomic E-state index is 12.5. The summed E-state index contributed by atoms with van der Waals surface area (Å²) >= 11 is 1.38. The van der Waals surface area contributed by atoms with E-state index in [1.165, 1.54) is 46.4 Å². The van der Waals surface area contributed by atoms with Gasteiger partial charge in [-0.3, -0.25) is 9.59 Å². The van der Waals surface area contributed by atoms with E-state index in [4.69, 9.17) is 4.74 Å². The van der Waals surface area contributed by atoms with Gasteiger partial charge in [-0.15, -0.1) is 11.8 Å². The van der Waals surface area contributed by atoms with E-state index in [1.54, 1.807) is 12.1 Å². The van der Waals surface area contributed by atoms with Gasteiger partial charge in [0.25, 0.3) is 5.91 Å². The Hall–Kier alpha value is -2.89. The number of nitrogens with zero attached hydrogens (tertiary/aromatic N) is 1. The number of thioether (sulfide) groups is 1. The summed E-state index contributed by atoms with van der Waals surface area (Å²) in [6.07, 6.45) is 1.70. The zero-order valence-corrected chi connectivity index (χ0v) is 18.6. The highest BCUT2D eigenvalue weighted by Crippen LogP contribution is 2.32. The molecule has 0 radical (unpaired) electrons.